The van der Waals surface area contributed by atoms with E-state index in [9.17, 15) is 19.2 Å². The first-order valence-electron chi connectivity index (χ1n) is 10.2. The highest BCUT2D eigenvalue weighted by atomic mass is 16.5. The van der Waals surface area contributed by atoms with Crippen molar-refractivity contribution in [2.24, 2.45) is 0 Å². The minimum Gasteiger partial charge on any atom is -0.463 e. The van der Waals surface area contributed by atoms with Crippen molar-refractivity contribution in [1.29, 1.82) is 0 Å². The molecule has 1 amide bonds. The number of carbonyl (C=O) groups excluding carboxylic acids is 4. The molecule has 31 heavy (non-hydrogen) atoms. The lowest BCUT2D eigenvalue weighted by Gasteiger charge is -2.24. The predicted octanol–water partition coefficient (Wildman–Crippen LogP) is 3.94. The quantitative estimate of drug-likeness (QED) is 0.325. The molecule has 0 aliphatic heterocycles. The molecule has 0 bridgehead atoms. The third-order valence-electron chi connectivity index (χ3n) is 4.68. The number of ether oxygens (including phenoxy) is 2. The SMILES string of the molecule is CCCCC(=O)N(Cc1ccccc1C(=O)C(=O)OC)c1cccc(C(=O)OCC)c1. The lowest BCUT2D eigenvalue weighted by atomic mass is 10.0. The molecule has 2 rings (SSSR count). The summed E-state index contributed by atoms with van der Waals surface area (Å²) in [6, 6.07) is 13.2. The van der Waals surface area contributed by atoms with Gasteiger partial charge in [-0.25, -0.2) is 9.59 Å². The summed E-state index contributed by atoms with van der Waals surface area (Å²) in [4.78, 5) is 50.9. The summed E-state index contributed by atoms with van der Waals surface area (Å²) in [5.74, 6) is -2.38. The molecule has 2 aromatic carbocycles. The highest BCUT2D eigenvalue weighted by Gasteiger charge is 2.23. The molecule has 7 heteroatoms. The minimum atomic E-state index is -0.972. The summed E-state index contributed by atoms with van der Waals surface area (Å²) in [6.07, 6.45) is 1.86. The fourth-order valence-corrected chi connectivity index (χ4v) is 3.05. The van der Waals surface area contributed by atoms with Crippen LogP contribution >= 0.6 is 0 Å². The first-order chi connectivity index (χ1) is 14.9. The lowest BCUT2D eigenvalue weighted by Crippen LogP contribution is -2.31. The third-order valence-corrected chi connectivity index (χ3v) is 4.68. The standard InChI is InChI=1S/C24H27NO6/c1-4-6-14-21(26)25(19-12-9-11-17(15-19)23(28)31-5-2)16-18-10-7-8-13-20(18)22(27)24(29)30-3/h7-13,15H,4-6,14,16H2,1-3H3. The second-order valence-electron chi connectivity index (χ2n) is 6.83. The number of hydrogen-bond donors (Lipinski definition) is 0. The zero-order valence-corrected chi connectivity index (χ0v) is 18.1. The van der Waals surface area contributed by atoms with Crippen LogP contribution in [0.4, 0.5) is 5.69 Å². The Kier molecular flexibility index (Phi) is 8.94. The summed E-state index contributed by atoms with van der Waals surface area (Å²) >= 11 is 0. The first-order valence-corrected chi connectivity index (χ1v) is 10.2. The van der Waals surface area contributed by atoms with Crippen LogP contribution in [0.15, 0.2) is 48.5 Å². The molecule has 0 atom stereocenters. The molecule has 7 nitrogen and oxygen atoms in total. The molecule has 0 aliphatic carbocycles. The number of hydrogen-bond acceptors (Lipinski definition) is 6. The van der Waals surface area contributed by atoms with Crippen molar-refractivity contribution in [1.82, 2.24) is 0 Å². The Morgan fingerprint density at radius 1 is 0.968 bits per heavy atom. The van der Waals surface area contributed by atoms with Gasteiger partial charge in [-0.05, 0) is 37.1 Å². The van der Waals surface area contributed by atoms with Gasteiger partial charge in [0, 0.05) is 17.7 Å². The van der Waals surface area contributed by atoms with E-state index < -0.39 is 17.7 Å². The average Bonchev–Trinajstić information content (AvgIpc) is 2.80. The smallest absolute Gasteiger partial charge is 0.379 e. The molecular formula is C24H27NO6. The van der Waals surface area contributed by atoms with E-state index in [4.69, 9.17) is 4.74 Å². The van der Waals surface area contributed by atoms with Gasteiger partial charge in [-0.2, -0.15) is 0 Å². The normalized spacial score (nSPS) is 10.3. The van der Waals surface area contributed by atoms with Crippen molar-refractivity contribution in [3.05, 3.63) is 65.2 Å². The number of Topliss-reactive ketones (excluding diaryl/α,β-unsaturated/α-hetero) is 1. The van der Waals surface area contributed by atoms with Gasteiger partial charge in [-0.15, -0.1) is 0 Å². The van der Waals surface area contributed by atoms with Crippen molar-refractivity contribution in [2.45, 2.75) is 39.7 Å². The van der Waals surface area contributed by atoms with Gasteiger partial charge in [0.15, 0.2) is 0 Å². The Labute approximate surface area is 182 Å². The molecule has 0 saturated carbocycles. The maximum atomic E-state index is 13.0. The third kappa shape index (κ3) is 6.25. The van der Waals surface area contributed by atoms with Gasteiger partial charge in [0.25, 0.3) is 5.78 Å². The van der Waals surface area contributed by atoms with E-state index in [1.54, 1.807) is 49.4 Å². The van der Waals surface area contributed by atoms with E-state index in [2.05, 4.69) is 4.74 Å². The van der Waals surface area contributed by atoms with Crippen LogP contribution < -0.4 is 4.90 Å². The van der Waals surface area contributed by atoms with Crippen molar-refractivity contribution in [2.75, 3.05) is 18.6 Å². The van der Waals surface area contributed by atoms with Gasteiger partial charge < -0.3 is 14.4 Å². The molecule has 0 saturated heterocycles. The van der Waals surface area contributed by atoms with Crippen molar-refractivity contribution >= 4 is 29.3 Å². The topological polar surface area (TPSA) is 90.0 Å². The number of carbonyl (C=O) groups is 4. The monoisotopic (exact) mass is 425 g/mol. The molecule has 0 aliphatic rings. The number of amides is 1. The summed E-state index contributed by atoms with van der Waals surface area (Å²) in [7, 11) is 1.14. The van der Waals surface area contributed by atoms with E-state index in [0.717, 1.165) is 13.5 Å². The molecule has 2 aromatic rings. The van der Waals surface area contributed by atoms with Crippen LogP contribution in [0.2, 0.25) is 0 Å². The van der Waals surface area contributed by atoms with E-state index >= 15 is 0 Å². The molecule has 0 heterocycles. The Balaban J connectivity index is 2.45. The van der Waals surface area contributed by atoms with E-state index in [0.29, 0.717) is 29.7 Å². The zero-order chi connectivity index (χ0) is 22.8. The van der Waals surface area contributed by atoms with Crippen molar-refractivity contribution in [3.8, 4) is 0 Å². The zero-order valence-electron chi connectivity index (χ0n) is 18.1. The number of methoxy groups -OCH3 is 1. The van der Waals surface area contributed by atoms with Gasteiger partial charge >= 0.3 is 11.9 Å². The molecule has 0 N–H and O–H groups in total. The highest BCUT2D eigenvalue weighted by Crippen LogP contribution is 2.23. The van der Waals surface area contributed by atoms with E-state index in [1.165, 1.54) is 11.0 Å². The number of nitrogens with zero attached hydrogens (tertiary/aromatic N) is 1. The van der Waals surface area contributed by atoms with Gasteiger partial charge in [0.05, 0.1) is 25.8 Å². The van der Waals surface area contributed by atoms with Crippen LogP contribution in [-0.2, 0) is 25.6 Å². The van der Waals surface area contributed by atoms with Gasteiger partial charge in [-0.1, -0.05) is 43.7 Å². The number of anilines is 1. The fourth-order valence-electron chi connectivity index (χ4n) is 3.05. The number of ketones is 1. The summed E-state index contributed by atoms with van der Waals surface area (Å²) in [5, 5.41) is 0. The molecule has 0 unspecified atom stereocenters. The van der Waals surface area contributed by atoms with Crippen LogP contribution in [0.3, 0.4) is 0 Å². The largest absolute Gasteiger partial charge is 0.463 e. The summed E-state index contributed by atoms with van der Waals surface area (Å²) in [6.45, 7) is 4.01. The van der Waals surface area contributed by atoms with Crippen molar-refractivity contribution in [3.63, 3.8) is 0 Å². The Hall–Kier alpha value is -3.48. The summed E-state index contributed by atoms with van der Waals surface area (Å²) in [5.41, 5.74) is 1.51. The maximum absolute atomic E-state index is 13.0. The Morgan fingerprint density at radius 3 is 2.39 bits per heavy atom. The second kappa shape index (κ2) is 11.6. The first kappa shape index (κ1) is 23.8. The molecular weight excluding hydrogens is 398 g/mol. The van der Waals surface area contributed by atoms with E-state index in [1.807, 2.05) is 6.92 Å². The predicted molar refractivity (Wildman–Crippen MR) is 116 cm³/mol. The second-order valence-corrected chi connectivity index (χ2v) is 6.83. The lowest BCUT2D eigenvalue weighted by molar-refractivity contribution is -0.135. The van der Waals surface area contributed by atoms with Crippen LogP contribution in [0, 0.1) is 0 Å². The van der Waals surface area contributed by atoms with Crippen LogP contribution in [0.25, 0.3) is 0 Å². The maximum Gasteiger partial charge on any atom is 0.379 e. The number of benzene rings is 2. The fraction of sp³-hybridized carbons (Fsp3) is 0.333. The number of unbranched alkanes of at least 4 members (excludes halogenated alkanes) is 1. The highest BCUT2D eigenvalue weighted by molar-refractivity contribution is 6.41. The van der Waals surface area contributed by atoms with Crippen LogP contribution in [0.1, 0.15) is 59.4 Å². The average molecular weight is 425 g/mol. The Morgan fingerprint density at radius 2 is 1.71 bits per heavy atom. The number of esters is 2. The van der Waals surface area contributed by atoms with Gasteiger partial charge in [0.2, 0.25) is 5.91 Å². The van der Waals surface area contributed by atoms with Crippen molar-refractivity contribution < 1.29 is 28.7 Å². The molecule has 0 spiro atoms. The molecule has 0 radical (unpaired) electrons. The molecule has 164 valence electrons. The van der Waals surface area contributed by atoms with Gasteiger partial charge in [0.1, 0.15) is 0 Å². The summed E-state index contributed by atoms with van der Waals surface area (Å²) < 4.78 is 9.61. The molecule has 0 fully saturated rings. The minimum absolute atomic E-state index is 0.0632. The van der Waals surface area contributed by atoms with Crippen LogP contribution in [-0.4, -0.2) is 37.3 Å². The Bertz CT molecular complexity index is 953. The number of rotatable bonds is 10. The van der Waals surface area contributed by atoms with Crippen LogP contribution in [0.5, 0.6) is 0 Å². The van der Waals surface area contributed by atoms with E-state index in [-0.39, 0.29) is 24.6 Å². The van der Waals surface area contributed by atoms with Gasteiger partial charge in [-0.3, -0.25) is 9.59 Å². The molecule has 0 aromatic heterocycles.